The molecular formula is C43H49F2N10O4+. The minimum absolute atomic E-state index is 0.0657. The second-order valence-corrected chi connectivity index (χ2v) is 17.2. The van der Waals surface area contributed by atoms with Gasteiger partial charge in [-0.2, -0.15) is 5.10 Å². The van der Waals surface area contributed by atoms with Gasteiger partial charge in [-0.3, -0.25) is 24.6 Å². The molecule has 3 N–H and O–H groups in total. The van der Waals surface area contributed by atoms with Gasteiger partial charge in [-0.1, -0.05) is 4.68 Å². The zero-order valence-electron chi connectivity index (χ0n) is 33.3. The van der Waals surface area contributed by atoms with Gasteiger partial charge >= 0.3 is 0 Å². The summed E-state index contributed by atoms with van der Waals surface area (Å²) < 4.78 is 33.6. The largest absolute Gasteiger partial charge is 0.386 e. The van der Waals surface area contributed by atoms with Crippen molar-refractivity contribution in [1.82, 2.24) is 29.7 Å². The first-order valence-corrected chi connectivity index (χ1v) is 20.6. The molecule has 0 radical (unpaired) electrons. The summed E-state index contributed by atoms with van der Waals surface area (Å²) in [6, 6.07) is 8.63. The second-order valence-electron chi connectivity index (χ2n) is 17.2. The topological polar surface area (TPSA) is 151 Å². The number of carbonyl (C=O) groups excluding carboxylic acids is 3. The molecule has 2 aromatic carbocycles. The summed E-state index contributed by atoms with van der Waals surface area (Å²) in [7, 11) is 0. The Morgan fingerprint density at radius 3 is 2.49 bits per heavy atom. The van der Waals surface area contributed by atoms with Gasteiger partial charge in [-0.15, -0.1) is 0 Å². The summed E-state index contributed by atoms with van der Waals surface area (Å²) in [5.41, 5.74) is 0.850. The summed E-state index contributed by atoms with van der Waals surface area (Å²) in [4.78, 5) is 48.5. The predicted octanol–water partition coefficient (Wildman–Crippen LogP) is 2.69. The number of nitrogens with one attached hydrogen (secondary N) is 2. The van der Waals surface area contributed by atoms with Crippen LogP contribution in [0.25, 0.3) is 11.8 Å². The lowest BCUT2D eigenvalue weighted by Crippen LogP contribution is -2.56. The lowest BCUT2D eigenvalue weighted by molar-refractivity contribution is -0.424. The second kappa shape index (κ2) is 15.6. The molecule has 14 nitrogen and oxygen atoms in total. The van der Waals surface area contributed by atoms with E-state index >= 15 is 8.78 Å². The highest BCUT2D eigenvalue weighted by Gasteiger charge is 2.36. The number of rotatable bonds is 9. The SMILES string of the molecule is CC(C)(O)c1cc2c(cc1NC(=O)c1cnn3cccnc13)=C/[N+](=C/C1CCC(N3CCN(CC4CN(c5cc(F)c([C@H]6CCC(=O)NC6=O)c(F)c5)C4)CC3)CC1)N=2. The van der Waals surface area contributed by atoms with E-state index in [0.29, 0.717) is 46.0 Å². The summed E-state index contributed by atoms with van der Waals surface area (Å²) in [5, 5.41) is 26.9. The molecule has 9 rings (SSSR count). The van der Waals surface area contributed by atoms with E-state index in [1.54, 1.807) is 36.8 Å². The number of piperazine rings is 1. The van der Waals surface area contributed by atoms with Crippen molar-refractivity contribution < 1.29 is 33.0 Å². The maximum Gasteiger partial charge on any atom is 0.261 e. The number of amides is 3. The van der Waals surface area contributed by atoms with Crippen LogP contribution in [0.1, 0.15) is 79.8 Å². The predicted molar refractivity (Wildman–Crippen MR) is 215 cm³/mol. The molecule has 4 fully saturated rings. The molecule has 5 aliphatic rings. The number of carbonyl (C=O) groups is 3. The Morgan fingerprint density at radius 1 is 1.03 bits per heavy atom. The lowest BCUT2D eigenvalue weighted by Gasteiger charge is -2.46. The first kappa shape index (κ1) is 39.0. The molecule has 0 bridgehead atoms. The fourth-order valence-electron chi connectivity index (χ4n) is 9.41. The standard InChI is InChI=1S/C43H48F2N10O4/c1-43(2,59)33-19-36-28(16-37(33)48-42(58)32-20-47-55-11-3-10-46-40(32)55)25-54(50-36)24-26-4-6-29(7-5-26)52-14-12-51(13-15-52)21-27-22-53(23-27)30-17-34(44)39(35(45)18-30)31-8-9-38(56)49-41(31)57/h3,10-11,16-20,24-27,29,31,59H,4-9,12-15,21-23H2,1-2H3,(H-,48,49,56,57,58)/p+1/b54-24-/t26?,29?,31-/m1/s1. The molecule has 0 unspecified atom stereocenters. The third-order valence-corrected chi connectivity index (χ3v) is 12.6. The highest BCUT2D eigenvalue weighted by molar-refractivity contribution is 6.08. The average Bonchev–Trinajstić information content (AvgIpc) is 3.80. The molecule has 1 atom stereocenters. The fraction of sp³-hybridized carbons (Fsp3) is 0.465. The minimum Gasteiger partial charge on any atom is -0.386 e. The van der Waals surface area contributed by atoms with Gasteiger partial charge in [-0.25, -0.2) is 18.3 Å². The summed E-state index contributed by atoms with van der Waals surface area (Å²) in [6.07, 6.45) is 13.5. The van der Waals surface area contributed by atoms with Crippen molar-refractivity contribution >= 4 is 47.2 Å². The summed E-state index contributed by atoms with van der Waals surface area (Å²) in [6.45, 7) is 9.82. The molecule has 16 heteroatoms. The molecule has 3 amide bonds. The number of fused-ring (bicyclic) bond motifs is 2. The molecule has 308 valence electrons. The van der Waals surface area contributed by atoms with E-state index < -0.39 is 35.0 Å². The first-order chi connectivity index (χ1) is 28.4. The van der Waals surface area contributed by atoms with Crippen LogP contribution in [0.5, 0.6) is 0 Å². The number of benzene rings is 2. The highest BCUT2D eigenvalue weighted by Crippen LogP contribution is 2.35. The Labute approximate surface area is 339 Å². The van der Waals surface area contributed by atoms with Crippen LogP contribution in [0.15, 0.2) is 54.0 Å². The van der Waals surface area contributed by atoms with Gasteiger partial charge < -0.3 is 20.2 Å². The molecule has 4 aliphatic heterocycles. The van der Waals surface area contributed by atoms with E-state index in [2.05, 4.69) is 36.7 Å². The van der Waals surface area contributed by atoms with Crippen LogP contribution in [0.4, 0.5) is 20.2 Å². The first-order valence-electron chi connectivity index (χ1n) is 20.6. The van der Waals surface area contributed by atoms with E-state index in [1.165, 1.54) is 18.3 Å². The Balaban J connectivity index is 0.753. The number of halogens is 2. The average molecular weight is 808 g/mol. The number of aliphatic hydroxyl groups is 1. The van der Waals surface area contributed by atoms with Crippen molar-refractivity contribution in [2.75, 3.05) is 56.0 Å². The number of anilines is 2. The number of aromatic nitrogens is 3. The van der Waals surface area contributed by atoms with Crippen molar-refractivity contribution in [2.24, 2.45) is 16.9 Å². The smallest absolute Gasteiger partial charge is 0.261 e. The van der Waals surface area contributed by atoms with Gasteiger partial charge in [-0.05, 0) is 76.3 Å². The van der Waals surface area contributed by atoms with Gasteiger partial charge in [0, 0.05) is 110 Å². The van der Waals surface area contributed by atoms with Gasteiger partial charge in [0.2, 0.25) is 18.0 Å². The lowest BCUT2D eigenvalue weighted by atomic mass is 9.85. The van der Waals surface area contributed by atoms with E-state index in [-0.39, 0.29) is 24.3 Å². The molecule has 3 saturated heterocycles. The van der Waals surface area contributed by atoms with Crippen molar-refractivity contribution in [3.8, 4) is 0 Å². The van der Waals surface area contributed by atoms with Crippen molar-refractivity contribution in [1.29, 1.82) is 0 Å². The van der Waals surface area contributed by atoms with Crippen LogP contribution in [-0.4, -0.2) is 110 Å². The van der Waals surface area contributed by atoms with Crippen LogP contribution in [-0.2, 0) is 15.2 Å². The van der Waals surface area contributed by atoms with E-state index in [1.807, 2.05) is 27.9 Å². The monoisotopic (exact) mass is 807 g/mol. The number of piperidine rings is 1. The summed E-state index contributed by atoms with van der Waals surface area (Å²) in [5.74, 6) is -3.10. The van der Waals surface area contributed by atoms with E-state index in [0.717, 1.165) is 82.1 Å². The van der Waals surface area contributed by atoms with Crippen molar-refractivity contribution in [3.63, 3.8) is 0 Å². The number of imide groups is 1. The Hall–Kier alpha value is -5.45. The molecule has 0 spiro atoms. The third-order valence-electron chi connectivity index (χ3n) is 12.6. The Kier molecular flexibility index (Phi) is 10.3. The van der Waals surface area contributed by atoms with Gasteiger partial charge in [0.15, 0.2) is 11.9 Å². The Bertz CT molecular complexity index is 2450. The number of nitrogens with zero attached hydrogens (tertiary/aromatic N) is 8. The third kappa shape index (κ3) is 8.00. The van der Waals surface area contributed by atoms with E-state index in [4.69, 9.17) is 5.10 Å². The van der Waals surface area contributed by atoms with Crippen LogP contribution >= 0.6 is 0 Å². The quantitative estimate of drug-likeness (QED) is 0.172. The molecular weight excluding hydrogens is 759 g/mol. The molecule has 2 aromatic heterocycles. The number of hydrogen-bond acceptors (Lipinski definition) is 10. The molecule has 4 aromatic rings. The maximum atomic E-state index is 15.1. The van der Waals surface area contributed by atoms with Crippen molar-refractivity contribution in [2.45, 2.75) is 69.9 Å². The normalized spacial score (nSPS) is 23.8. The minimum atomic E-state index is -1.23. The van der Waals surface area contributed by atoms with Gasteiger partial charge in [0.25, 0.3) is 5.91 Å². The molecule has 6 heterocycles. The van der Waals surface area contributed by atoms with Crippen LogP contribution in [0, 0.1) is 23.5 Å². The van der Waals surface area contributed by atoms with Crippen molar-refractivity contribution in [3.05, 3.63) is 87.8 Å². The zero-order valence-corrected chi connectivity index (χ0v) is 33.3. The maximum absolute atomic E-state index is 15.1. The van der Waals surface area contributed by atoms with Gasteiger partial charge in [0.1, 0.15) is 22.6 Å². The molecule has 1 saturated carbocycles. The molecule has 1 aliphatic carbocycles. The van der Waals surface area contributed by atoms with Crippen LogP contribution in [0.2, 0.25) is 0 Å². The highest BCUT2D eigenvalue weighted by atomic mass is 19.1. The van der Waals surface area contributed by atoms with Crippen LogP contribution < -0.4 is 26.1 Å². The fourth-order valence-corrected chi connectivity index (χ4v) is 9.41. The van der Waals surface area contributed by atoms with Crippen LogP contribution in [0.3, 0.4) is 0 Å². The zero-order chi connectivity index (χ0) is 41.0. The summed E-state index contributed by atoms with van der Waals surface area (Å²) >= 11 is 0. The molecule has 59 heavy (non-hydrogen) atoms. The van der Waals surface area contributed by atoms with Gasteiger partial charge in [0.05, 0.1) is 22.9 Å². The number of hydrogen-bond donors (Lipinski definition) is 3. The van der Waals surface area contributed by atoms with E-state index in [9.17, 15) is 19.5 Å². The Morgan fingerprint density at radius 2 is 1.78 bits per heavy atom.